The van der Waals surface area contributed by atoms with Crippen molar-refractivity contribution in [3.63, 3.8) is 0 Å². The van der Waals surface area contributed by atoms with Crippen LogP contribution in [0.5, 0.6) is 0 Å². The molecule has 1 saturated carbocycles. The second-order valence-corrected chi connectivity index (χ2v) is 7.07. The summed E-state index contributed by atoms with van der Waals surface area (Å²) >= 11 is 0. The van der Waals surface area contributed by atoms with E-state index in [4.69, 9.17) is 0 Å². The van der Waals surface area contributed by atoms with Gasteiger partial charge < -0.3 is 16.0 Å². The van der Waals surface area contributed by atoms with Gasteiger partial charge in [-0.3, -0.25) is 4.79 Å². The highest BCUT2D eigenvalue weighted by molar-refractivity contribution is 5.83. The molecule has 1 aliphatic rings. The second-order valence-electron chi connectivity index (χ2n) is 7.07. The van der Waals surface area contributed by atoms with E-state index in [1.807, 2.05) is 6.92 Å². The van der Waals surface area contributed by atoms with Crippen molar-refractivity contribution in [1.29, 1.82) is 0 Å². The summed E-state index contributed by atoms with van der Waals surface area (Å²) in [4.78, 5) is 23.3. The zero-order valence-corrected chi connectivity index (χ0v) is 14.6. The maximum atomic E-state index is 11.8. The van der Waals surface area contributed by atoms with Gasteiger partial charge in [-0.2, -0.15) is 0 Å². The molecule has 128 valence electrons. The zero-order valence-electron chi connectivity index (χ0n) is 14.6. The topological polar surface area (TPSA) is 70.2 Å². The zero-order chi connectivity index (χ0) is 16.6. The molecular weight excluding hydrogens is 278 g/mol. The van der Waals surface area contributed by atoms with Crippen LogP contribution in [0.2, 0.25) is 0 Å². The van der Waals surface area contributed by atoms with E-state index in [1.165, 1.54) is 19.3 Å². The highest BCUT2D eigenvalue weighted by atomic mass is 16.2. The molecule has 3 amide bonds. The largest absolute Gasteiger partial charge is 0.355 e. The number of urea groups is 1. The lowest BCUT2D eigenvalue weighted by Gasteiger charge is -2.39. The maximum absolute atomic E-state index is 11.8. The molecule has 0 unspecified atom stereocenters. The van der Waals surface area contributed by atoms with Gasteiger partial charge in [0, 0.05) is 12.6 Å². The highest BCUT2D eigenvalue weighted by Gasteiger charge is 2.32. The van der Waals surface area contributed by atoms with E-state index in [9.17, 15) is 9.59 Å². The van der Waals surface area contributed by atoms with Crippen LogP contribution in [0.4, 0.5) is 4.79 Å². The molecule has 0 aromatic carbocycles. The Labute approximate surface area is 135 Å². The van der Waals surface area contributed by atoms with E-state index in [1.54, 1.807) is 0 Å². The summed E-state index contributed by atoms with van der Waals surface area (Å²) in [6, 6.07) is 0.00691. The van der Waals surface area contributed by atoms with Crippen molar-refractivity contribution >= 4 is 11.9 Å². The van der Waals surface area contributed by atoms with Gasteiger partial charge in [0.25, 0.3) is 0 Å². The van der Waals surface area contributed by atoms with Crippen molar-refractivity contribution in [2.75, 3.05) is 13.1 Å². The fourth-order valence-electron chi connectivity index (χ4n) is 3.03. The molecule has 0 radical (unpaired) electrons. The quantitative estimate of drug-likeness (QED) is 0.676. The fraction of sp³-hybridized carbons (Fsp3) is 0.882. The summed E-state index contributed by atoms with van der Waals surface area (Å²) in [7, 11) is 0. The third-order valence-corrected chi connectivity index (χ3v) is 5.06. The molecular formula is C17H33N3O2. The van der Waals surface area contributed by atoms with E-state index in [2.05, 4.69) is 36.7 Å². The summed E-state index contributed by atoms with van der Waals surface area (Å²) in [5.41, 5.74) is 0.393. The van der Waals surface area contributed by atoms with Gasteiger partial charge in [0.05, 0.1) is 6.54 Å². The van der Waals surface area contributed by atoms with Crippen LogP contribution in [0.1, 0.15) is 66.2 Å². The average Bonchev–Trinajstić information content (AvgIpc) is 2.51. The summed E-state index contributed by atoms with van der Waals surface area (Å²) < 4.78 is 0. The van der Waals surface area contributed by atoms with Gasteiger partial charge >= 0.3 is 6.03 Å². The number of hydrogen-bond acceptors (Lipinski definition) is 2. The number of hydrogen-bond donors (Lipinski definition) is 3. The summed E-state index contributed by atoms with van der Waals surface area (Å²) in [5, 5.41) is 8.36. The average molecular weight is 311 g/mol. The van der Waals surface area contributed by atoms with E-state index in [0.29, 0.717) is 12.0 Å². The molecule has 0 atom stereocenters. The van der Waals surface area contributed by atoms with Crippen LogP contribution < -0.4 is 16.0 Å². The Kier molecular flexibility index (Phi) is 7.69. The van der Waals surface area contributed by atoms with Crippen LogP contribution in [0.3, 0.4) is 0 Å². The Morgan fingerprint density at radius 2 is 1.68 bits per heavy atom. The number of rotatable bonds is 7. The Morgan fingerprint density at radius 1 is 1.05 bits per heavy atom. The minimum absolute atomic E-state index is 0.0457. The van der Waals surface area contributed by atoms with Gasteiger partial charge in [-0.05, 0) is 43.4 Å². The van der Waals surface area contributed by atoms with Gasteiger partial charge in [0.1, 0.15) is 0 Å². The number of nitrogens with one attached hydrogen (secondary N) is 3. The smallest absolute Gasteiger partial charge is 0.315 e. The van der Waals surface area contributed by atoms with Gasteiger partial charge in [-0.1, -0.05) is 34.1 Å². The summed E-state index contributed by atoms with van der Waals surface area (Å²) in [6.45, 7) is 9.63. The molecule has 0 aliphatic heterocycles. The Morgan fingerprint density at radius 3 is 2.23 bits per heavy atom. The van der Waals surface area contributed by atoms with Crippen LogP contribution in [0, 0.1) is 11.3 Å². The van der Waals surface area contributed by atoms with E-state index < -0.39 is 0 Å². The molecule has 22 heavy (non-hydrogen) atoms. The molecule has 1 fully saturated rings. The third-order valence-electron chi connectivity index (χ3n) is 5.06. The molecule has 0 saturated heterocycles. The number of carbonyl (C=O) groups is 2. The molecule has 5 nitrogen and oxygen atoms in total. The predicted octanol–water partition coefficient (Wildman–Crippen LogP) is 2.81. The highest BCUT2D eigenvalue weighted by Crippen LogP contribution is 2.40. The van der Waals surface area contributed by atoms with Crippen molar-refractivity contribution in [2.45, 2.75) is 72.3 Å². The van der Waals surface area contributed by atoms with Crippen molar-refractivity contribution in [2.24, 2.45) is 11.3 Å². The first-order valence-electron chi connectivity index (χ1n) is 8.70. The second kappa shape index (κ2) is 9.01. The van der Waals surface area contributed by atoms with Crippen LogP contribution in [-0.2, 0) is 4.79 Å². The van der Waals surface area contributed by atoms with E-state index >= 15 is 0 Å². The maximum Gasteiger partial charge on any atom is 0.315 e. The van der Waals surface area contributed by atoms with Crippen molar-refractivity contribution in [3.8, 4) is 0 Å². The first kappa shape index (κ1) is 18.8. The molecule has 3 N–H and O–H groups in total. The molecule has 5 heteroatoms. The van der Waals surface area contributed by atoms with Crippen LogP contribution >= 0.6 is 0 Å². The Balaban J connectivity index is 2.23. The minimum Gasteiger partial charge on any atom is -0.355 e. The van der Waals surface area contributed by atoms with Crippen molar-refractivity contribution in [1.82, 2.24) is 16.0 Å². The Bertz CT molecular complexity index is 361. The van der Waals surface area contributed by atoms with Gasteiger partial charge in [-0.15, -0.1) is 0 Å². The van der Waals surface area contributed by atoms with Crippen LogP contribution in [-0.4, -0.2) is 31.1 Å². The van der Waals surface area contributed by atoms with Gasteiger partial charge in [0.15, 0.2) is 0 Å². The molecule has 0 aromatic rings. The first-order chi connectivity index (χ1) is 10.4. The lowest BCUT2D eigenvalue weighted by atomic mass is 9.69. The van der Waals surface area contributed by atoms with Crippen LogP contribution in [0.15, 0.2) is 0 Å². The van der Waals surface area contributed by atoms with Crippen molar-refractivity contribution in [3.05, 3.63) is 0 Å². The molecule has 0 bridgehead atoms. The number of carbonyl (C=O) groups excluding carboxylic acids is 2. The van der Waals surface area contributed by atoms with E-state index in [-0.39, 0.29) is 24.5 Å². The fourth-order valence-corrected chi connectivity index (χ4v) is 3.03. The summed E-state index contributed by atoms with van der Waals surface area (Å²) in [6.07, 6.45) is 6.50. The molecule has 1 aliphatic carbocycles. The Hall–Kier alpha value is -1.26. The first-order valence-corrected chi connectivity index (χ1v) is 8.70. The SMILES string of the molecule is CCCNC(=O)CNC(=O)NC1CCC(C(C)(C)CC)CC1. The predicted molar refractivity (Wildman–Crippen MR) is 89.7 cm³/mol. The number of amides is 3. The minimum atomic E-state index is -0.232. The monoisotopic (exact) mass is 311 g/mol. The lowest BCUT2D eigenvalue weighted by molar-refractivity contribution is -0.120. The third kappa shape index (κ3) is 6.24. The van der Waals surface area contributed by atoms with Crippen molar-refractivity contribution < 1.29 is 9.59 Å². The summed E-state index contributed by atoms with van der Waals surface area (Å²) in [5.74, 6) is 0.615. The standard InChI is InChI=1S/C17H33N3O2/c1-5-11-18-15(21)12-19-16(22)20-14-9-7-13(8-10-14)17(3,4)6-2/h13-14H,5-12H2,1-4H3,(H,18,21)(H2,19,20,22). The van der Waals surface area contributed by atoms with E-state index in [0.717, 1.165) is 25.2 Å². The molecule has 0 aromatic heterocycles. The lowest BCUT2D eigenvalue weighted by Crippen LogP contribution is -2.47. The molecule has 0 spiro atoms. The molecule has 0 heterocycles. The normalized spacial score (nSPS) is 22.0. The van der Waals surface area contributed by atoms with Crippen LogP contribution in [0.25, 0.3) is 0 Å². The van der Waals surface area contributed by atoms with Gasteiger partial charge in [-0.25, -0.2) is 4.79 Å². The van der Waals surface area contributed by atoms with Gasteiger partial charge in [0.2, 0.25) is 5.91 Å². The molecule has 1 rings (SSSR count).